The van der Waals surface area contributed by atoms with E-state index in [9.17, 15) is 0 Å². The Morgan fingerprint density at radius 1 is 1.50 bits per heavy atom. The van der Waals surface area contributed by atoms with Gasteiger partial charge in [-0.3, -0.25) is 0 Å². The van der Waals surface area contributed by atoms with Crippen molar-refractivity contribution in [1.82, 2.24) is 15.6 Å². The smallest absolute Gasteiger partial charge is 0.0926 e. The van der Waals surface area contributed by atoms with Crippen LogP contribution in [0, 0.1) is 0 Å². The van der Waals surface area contributed by atoms with E-state index in [0.29, 0.717) is 6.04 Å². The van der Waals surface area contributed by atoms with Crippen LogP contribution < -0.4 is 10.6 Å². The molecule has 1 aromatic rings. The molecule has 2 N–H and O–H groups in total. The fraction of sp³-hybridized carbons (Fsp3) is 0.750. The summed E-state index contributed by atoms with van der Waals surface area (Å²) in [6.07, 6.45) is 4.87. The van der Waals surface area contributed by atoms with Gasteiger partial charge in [0.25, 0.3) is 0 Å². The van der Waals surface area contributed by atoms with Crippen LogP contribution in [0.15, 0.2) is 5.38 Å². The van der Waals surface area contributed by atoms with Gasteiger partial charge in [-0.25, -0.2) is 4.98 Å². The van der Waals surface area contributed by atoms with Gasteiger partial charge in [-0.2, -0.15) is 0 Å². The molecule has 3 nitrogen and oxygen atoms in total. The summed E-state index contributed by atoms with van der Waals surface area (Å²) in [6.45, 7) is 5.41. The Morgan fingerprint density at radius 3 is 3.25 bits per heavy atom. The molecular formula is C12H21N3S. The normalized spacial score (nSPS) is 21.9. The molecule has 1 unspecified atom stereocenters. The minimum atomic E-state index is 0.668. The van der Waals surface area contributed by atoms with Gasteiger partial charge in [0.1, 0.15) is 0 Å². The lowest BCUT2D eigenvalue weighted by atomic mass is 10.1. The monoisotopic (exact) mass is 239 g/mol. The van der Waals surface area contributed by atoms with Crippen molar-refractivity contribution in [3.63, 3.8) is 0 Å². The predicted molar refractivity (Wildman–Crippen MR) is 68.8 cm³/mol. The Balaban J connectivity index is 1.77. The molecule has 0 aromatic carbocycles. The van der Waals surface area contributed by atoms with E-state index in [0.717, 1.165) is 19.5 Å². The molecule has 90 valence electrons. The molecule has 1 aliphatic rings. The summed E-state index contributed by atoms with van der Waals surface area (Å²) in [4.78, 5) is 4.58. The maximum atomic E-state index is 4.58. The highest BCUT2D eigenvalue weighted by Gasteiger charge is 2.11. The predicted octanol–water partition coefficient (Wildman–Crippen LogP) is 1.94. The number of rotatable bonds is 4. The third kappa shape index (κ3) is 3.54. The number of thiazole rings is 1. The molecule has 0 spiro atoms. The van der Waals surface area contributed by atoms with Gasteiger partial charge in [-0.05, 0) is 38.8 Å². The van der Waals surface area contributed by atoms with Crippen molar-refractivity contribution in [1.29, 1.82) is 0 Å². The fourth-order valence-corrected chi connectivity index (χ4v) is 2.81. The second-order valence-electron chi connectivity index (χ2n) is 4.34. The zero-order chi connectivity index (χ0) is 11.2. The van der Waals surface area contributed by atoms with Crippen molar-refractivity contribution in [2.45, 2.75) is 45.2 Å². The lowest BCUT2D eigenvalue weighted by Crippen LogP contribution is -2.29. The Labute approximate surface area is 102 Å². The minimum absolute atomic E-state index is 0.668. The van der Waals surface area contributed by atoms with Crippen molar-refractivity contribution < 1.29 is 0 Å². The number of aryl methyl sites for hydroxylation is 1. The van der Waals surface area contributed by atoms with E-state index in [4.69, 9.17) is 0 Å². The lowest BCUT2D eigenvalue weighted by molar-refractivity contribution is 0.466. The Kier molecular flexibility index (Phi) is 4.75. The van der Waals surface area contributed by atoms with E-state index in [1.54, 1.807) is 11.3 Å². The van der Waals surface area contributed by atoms with Crippen molar-refractivity contribution in [3.05, 3.63) is 16.1 Å². The molecule has 0 saturated carbocycles. The van der Waals surface area contributed by atoms with Crippen LogP contribution in [0.25, 0.3) is 0 Å². The van der Waals surface area contributed by atoms with Gasteiger partial charge in [0.05, 0.1) is 10.7 Å². The highest BCUT2D eigenvalue weighted by atomic mass is 32.1. The van der Waals surface area contributed by atoms with E-state index in [-0.39, 0.29) is 0 Å². The van der Waals surface area contributed by atoms with Crippen LogP contribution in [0.5, 0.6) is 0 Å². The molecule has 0 radical (unpaired) electrons. The van der Waals surface area contributed by atoms with Gasteiger partial charge in [-0.1, -0.05) is 6.92 Å². The SMILES string of the molecule is CCc1nc(CNC2CCCNCC2)cs1. The van der Waals surface area contributed by atoms with E-state index >= 15 is 0 Å². The van der Waals surface area contributed by atoms with Gasteiger partial charge in [-0.15, -0.1) is 11.3 Å². The Morgan fingerprint density at radius 2 is 2.44 bits per heavy atom. The fourth-order valence-electron chi connectivity index (χ4n) is 2.06. The largest absolute Gasteiger partial charge is 0.317 e. The zero-order valence-electron chi connectivity index (χ0n) is 9.96. The zero-order valence-corrected chi connectivity index (χ0v) is 10.8. The number of hydrogen-bond acceptors (Lipinski definition) is 4. The summed E-state index contributed by atoms with van der Waals surface area (Å²) < 4.78 is 0. The molecule has 0 bridgehead atoms. The number of aromatic nitrogens is 1. The minimum Gasteiger partial charge on any atom is -0.317 e. The van der Waals surface area contributed by atoms with E-state index in [2.05, 4.69) is 27.9 Å². The molecule has 1 fully saturated rings. The van der Waals surface area contributed by atoms with Gasteiger partial charge in [0.15, 0.2) is 0 Å². The highest BCUT2D eigenvalue weighted by molar-refractivity contribution is 7.09. The van der Waals surface area contributed by atoms with Crippen molar-refractivity contribution in [3.8, 4) is 0 Å². The molecule has 2 rings (SSSR count). The first-order valence-corrected chi connectivity index (χ1v) is 7.14. The van der Waals surface area contributed by atoms with Gasteiger partial charge < -0.3 is 10.6 Å². The third-order valence-corrected chi connectivity index (χ3v) is 4.09. The third-order valence-electron chi connectivity index (χ3n) is 3.05. The summed E-state index contributed by atoms with van der Waals surface area (Å²) >= 11 is 1.78. The van der Waals surface area contributed by atoms with Crippen LogP contribution in [0.3, 0.4) is 0 Å². The molecule has 0 amide bonds. The average Bonchev–Trinajstić information content (AvgIpc) is 2.61. The summed E-state index contributed by atoms with van der Waals surface area (Å²) in [6, 6.07) is 0.668. The second-order valence-corrected chi connectivity index (χ2v) is 5.29. The summed E-state index contributed by atoms with van der Waals surface area (Å²) in [5.74, 6) is 0. The highest BCUT2D eigenvalue weighted by Crippen LogP contribution is 2.11. The van der Waals surface area contributed by atoms with Crippen LogP contribution in [0.1, 0.15) is 36.9 Å². The second kappa shape index (κ2) is 6.33. The lowest BCUT2D eigenvalue weighted by Gasteiger charge is -2.14. The summed E-state index contributed by atoms with van der Waals surface area (Å²) in [5.41, 5.74) is 1.21. The molecule has 1 aliphatic heterocycles. The summed E-state index contributed by atoms with van der Waals surface area (Å²) in [5, 5.41) is 10.5. The molecule has 1 atom stereocenters. The van der Waals surface area contributed by atoms with Crippen LogP contribution in [0.4, 0.5) is 0 Å². The van der Waals surface area contributed by atoms with E-state index in [1.165, 1.54) is 36.5 Å². The number of nitrogens with zero attached hydrogens (tertiary/aromatic N) is 1. The maximum absolute atomic E-state index is 4.58. The molecule has 1 aromatic heterocycles. The van der Waals surface area contributed by atoms with E-state index < -0.39 is 0 Å². The molecule has 1 saturated heterocycles. The maximum Gasteiger partial charge on any atom is 0.0926 e. The molecular weight excluding hydrogens is 218 g/mol. The average molecular weight is 239 g/mol. The van der Waals surface area contributed by atoms with Gasteiger partial charge in [0.2, 0.25) is 0 Å². The standard InChI is InChI=1S/C12H21N3S/c1-2-12-15-11(9-16-12)8-14-10-4-3-6-13-7-5-10/h9-10,13-14H,2-8H2,1H3. The van der Waals surface area contributed by atoms with E-state index in [1.807, 2.05) is 0 Å². The van der Waals surface area contributed by atoms with Crippen molar-refractivity contribution >= 4 is 11.3 Å². The molecule has 0 aliphatic carbocycles. The number of nitrogens with one attached hydrogen (secondary N) is 2. The molecule has 16 heavy (non-hydrogen) atoms. The van der Waals surface area contributed by atoms with Crippen LogP contribution in [-0.4, -0.2) is 24.1 Å². The quantitative estimate of drug-likeness (QED) is 0.843. The molecule has 2 heterocycles. The first-order chi connectivity index (χ1) is 7.88. The van der Waals surface area contributed by atoms with Crippen molar-refractivity contribution in [2.24, 2.45) is 0 Å². The van der Waals surface area contributed by atoms with Crippen LogP contribution in [-0.2, 0) is 13.0 Å². The topological polar surface area (TPSA) is 37.0 Å². The summed E-state index contributed by atoms with van der Waals surface area (Å²) in [7, 11) is 0. The van der Waals surface area contributed by atoms with Crippen LogP contribution >= 0.6 is 11.3 Å². The first-order valence-electron chi connectivity index (χ1n) is 6.26. The van der Waals surface area contributed by atoms with Crippen molar-refractivity contribution in [2.75, 3.05) is 13.1 Å². The molecule has 4 heteroatoms. The van der Waals surface area contributed by atoms with Crippen LogP contribution in [0.2, 0.25) is 0 Å². The van der Waals surface area contributed by atoms with Gasteiger partial charge >= 0.3 is 0 Å². The number of hydrogen-bond donors (Lipinski definition) is 2. The first kappa shape index (κ1) is 12.0. The Hall–Kier alpha value is -0.450. The Bertz CT molecular complexity index is 303. The van der Waals surface area contributed by atoms with Gasteiger partial charge in [0, 0.05) is 18.0 Å².